The molecule has 1 N–H and O–H groups in total. The van der Waals surface area contributed by atoms with Crippen LogP contribution in [0.2, 0.25) is 5.02 Å². The number of hydrogen-bond acceptors (Lipinski definition) is 6. The second kappa shape index (κ2) is 9.61. The van der Waals surface area contributed by atoms with Crippen LogP contribution in [0.1, 0.15) is 18.1 Å². The van der Waals surface area contributed by atoms with E-state index in [0.717, 1.165) is 11.1 Å². The average molecular weight is 444 g/mol. The van der Waals surface area contributed by atoms with Crippen molar-refractivity contribution >= 4 is 40.1 Å². The molecule has 0 radical (unpaired) electrons. The third kappa shape index (κ3) is 5.03. The van der Waals surface area contributed by atoms with Gasteiger partial charge in [-0.25, -0.2) is 0 Å². The zero-order valence-electron chi connectivity index (χ0n) is 17.4. The van der Waals surface area contributed by atoms with Gasteiger partial charge in [0.05, 0.1) is 12.1 Å². The summed E-state index contributed by atoms with van der Waals surface area (Å²) in [4.78, 5) is 24.1. The molecule has 9 heteroatoms. The lowest BCUT2D eigenvalue weighted by Gasteiger charge is -2.08. The third-order valence-corrected chi connectivity index (χ3v) is 5.14. The Morgan fingerprint density at radius 3 is 2.52 bits per heavy atom. The van der Waals surface area contributed by atoms with Gasteiger partial charge in [-0.1, -0.05) is 29.8 Å². The van der Waals surface area contributed by atoms with E-state index in [9.17, 15) is 14.7 Å². The van der Waals surface area contributed by atoms with Crippen LogP contribution < -0.4 is 4.74 Å². The van der Waals surface area contributed by atoms with E-state index in [2.05, 4.69) is 10.2 Å². The highest BCUT2D eigenvalue weighted by Gasteiger charge is 2.19. The molecule has 31 heavy (non-hydrogen) atoms. The van der Waals surface area contributed by atoms with Gasteiger partial charge in [0.25, 0.3) is 0 Å². The number of amides is 1. The highest BCUT2D eigenvalue weighted by atomic mass is 35.5. The van der Waals surface area contributed by atoms with Crippen LogP contribution in [0.15, 0.2) is 46.6 Å². The van der Waals surface area contributed by atoms with Gasteiger partial charge < -0.3 is 14.6 Å². The number of aromatic hydroxyl groups is 1. The summed E-state index contributed by atoms with van der Waals surface area (Å²) >= 11 is 6.13. The van der Waals surface area contributed by atoms with Gasteiger partial charge >= 0.3 is 11.9 Å². The van der Waals surface area contributed by atoms with Crippen LogP contribution in [-0.2, 0) is 20.9 Å². The SMILES string of the molecule is CCOC(=O)Cn1c(O)c(N=NC(=O)COc2cc(C)c(Cl)c(C)c2)c2ccccc21. The first-order chi connectivity index (χ1) is 14.8. The predicted octanol–water partition coefficient (Wildman–Crippen LogP) is 4.87. The number of azo groups is 1. The van der Waals surface area contributed by atoms with Crippen molar-refractivity contribution in [3.63, 3.8) is 0 Å². The molecule has 0 saturated carbocycles. The van der Waals surface area contributed by atoms with Crippen molar-refractivity contribution in [2.45, 2.75) is 27.3 Å². The van der Waals surface area contributed by atoms with Crippen LogP contribution in [0.25, 0.3) is 10.9 Å². The Labute approximate surface area is 184 Å². The van der Waals surface area contributed by atoms with Gasteiger partial charge in [0, 0.05) is 10.4 Å². The molecular weight excluding hydrogens is 422 g/mol. The number of rotatable bonds is 7. The maximum Gasteiger partial charge on any atom is 0.326 e. The molecule has 0 aliphatic heterocycles. The summed E-state index contributed by atoms with van der Waals surface area (Å²) in [5.41, 5.74) is 2.33. The molecule has 162 valence electrons. The summed E-state index contributed by atoms with van der Waals surface area (Å²) in [7, 11) is 0. The Bertz CT molecular complexity index is 1150. The summed E-state index contributed by atoms with van der Waals surface area (Å²) in [5, 5.41) is 19.4. The van der Waals surface area contributed by atoms with Crippen molar-refractivity contribution in [2.75, 3.05) is 13.2 Å². The standard InChI is InChI=1S/C22H22ClN3O5/c1-4-30-19(28)11-26-17-8-6-5-7-16(17)21(22(26)29)25-24-18(27)12-31-15-9-13(2)20(23)14(3)10-15/h5-10,29H,4,11-12H2,1-3H3. The molecule has 0 spiro atoms. The van der Waals surface area contributed by atoms with Crippen molar-refractivity contribution in [1.82, 2.24) is 4.57 Å². The van der Waals surface area contributed by atoms with Gasteiger partial charge in [-0.15, -0.1) is 10.2 Å². The van der Waals surface area contributed by atoms with E-state index in [1.54, 1.807) is 43.3 Å². The summed E-state index contributed by atoms with van der Waals surface area (Å²) in [6, 6.07) is 10.4. The number of aryl methyl sites for hydroxylation is 2. The number of carbonyl (C=O) groups excluding carboxylic acids is 2. The van der Waals surface area contributed by atoms with Crippen LogP contribution in [0.4, 0.5) is 5.69 Å². The molecule has 0 unspecified atom stereocenters. The highest BCUT2D eigenvalue weighted by molar-refractivity contribution is 6.32. The fraction of sp³-hybridized carbons (Fsp3) is 0.273. The number of fused-ring (bicyclic) bond motifs is 1. The molecule has 0 bridgehead atoms. The van der Waals surface area contributed by atoms with Gasteiger partial charge in [-0.2, -0.15) is 0 Å². The Kier molecular flexibility index (Phi) is 6.91. The summed E-state index contributed by atoms with van der Waals surface area (Å²) in [6.45, 7) is 5.10. The molecule has 1 amide bonds. The second-order valence-corrected chi connectivity index (χ2v) is 7.21. The number of esters is 1. The lowest BCUT2D eigenvalue weighted by molar-refractivity contribution is -0.143. The molecule has 2 aromatic carbocycles. The quantitative estimate of drug-likeness (QED) is 0.414. The summed E-state index contributed by atoms with van der Waals surface area (Å²) in [6.07, 6.45) is 0. The molecule has 1 heterocycles. The van der Waals surface area contributed by atoms with Gasteiger partial charge in [-0.05, 0) is 50.1 Å². The van der Waals surface area contributed by atoms with Crippen molar-refractivity contribution in [1.29, 1.82) is 0 Å². The van der Waals surface area contributed by atoms with Crippen LogP contribution in [-0.4, -0.2) is 34.8 Å². The number of benzene rings is 2. The van der Waals surface area contributed by atoms with E-state index in [0.29, 0.717) is 21.7 Å². The number of nitrogens with zero attached hydrogens (tertiary/aromatic N) is 3. The van der Waals surface area contributed by atoms with Gasteiger partial charge in [0.15, 0.2) is 12.3 Å². The maximum absolute atomic E-state index is 12.2. The second-order valence-electron chi connectivity index (χ2n) is 6.83. The first kappa shape index (κ1) is 22.3. The zero-order chi connectivity index (χ0) is 22.5. The van der Waals surface area contributed by atoms with Crippen LogP contribution in [0.5, 0.6) is 11.6 Å². The van der Waals surface area contributed by atoms with E-state index in [4.69, 9.17) is 21.1 Å². The minimum Gasteiger partial charge on any atom is -0.493 e. The lowest BCUT2D eigenvalue weighted by Crippen LogP contribution is -2.12. The maximum atomic E-state index is 12.2. The number of halogens is 1. The van der Waals surface area contributed by atoms with Gasteiger partial charge in [0.1, 0.15) is 12.3 Å². The fourth-order valence-corrected chi connectivity index (χ4v) is 3.24. The van der Waals surface area contributed by atoms with Crippen molar-refractivity contribution in [2.24, 2.45) is 10.2 Å². The number of aromatic nitrogens is 1. The van der Waals surface area contributed by atoms with E-state index in [1.165, 1.54) is 4.57 Å². The molecule has 8 nitrogen and oxygen atoms in total. The molecule has 3 aromatic rings. The van der Waals surface area contributed by atoms with Crippen molar-refractivity contribution < 1.29 is 24.2 Å². The Balaban J connectivity index is 1.78. The monoisotopic (exact) mass is 443 g/mol. The first-order valence-corrected chi connectivity index (χ1v) is 9.99. The molecule has 3 rings (SSSR count). The molecule has 0 fully saturated rings. The fourth-order valence-electron chi connectivity index (χ4n) is 3.14. The van der Waals surface area contributed by atoms with Gasteiger partial charge in [0.2, 0.25) is 5.88 Å². The summed E-state index contributed by atoms with van der Waals surface area (Å²) < 4.78 is 11.8. The van der Waals surface area contributed by atoms with Crippen molar-refractivity contribution in [3.05, 3.63) is 52.5 Å². The Hall–Kier alpha value is -3.39. The molecule has 0 aliphatic carbocycles. The predicted molar refractivity (Wildman–Crippen MR) is 116 cm³/mol. The minimum absolute atomic E-state index is 0.0893. The number of carbonyl (C=O) groups is 2. The molecule has 0 atom stereocenters. The van der Waals surface area contributed by atoms with Crippen LogP contribution >= 0.6 is 11.6 Å². The van der Waals surface area contributed by atoms with E-state index < -0.39 is 11.9 Å². The Morgan fingerprint density at radius 1 is 1.16 bits per heavy atom. The Morgan fingerprint density at radius 2 is 1.84 bits per heavy atom. The largest absolute Gasteiger partial charge is 0.493 e. The lowest BCUT2D eigenvalue weighted by atomic mass is 10.1. The number of ether oxygens (including phenoxy) is 2. The van der Waals surface area contributed by atoms with Gasteiger partial charge in [-0.3, -0.25) is 14.2 Å². The van der Waals surface area contributed by atoms with E-state index >= 15 is 0 Å². The van der Waals surface area contributed by atoms with Crippen molar-refractivity contribution in [3.8, 4) is 11.6 Å². The van der Waals surface area contributed by atoms with Crippen LogP contribution in [0, 0.1) is 13.8 Å². The smallest absolute Gasteiger partial charge is 0.326 e. The normalized spacial score (nSPS) is 11.2. The average Bonchev–Trinajstić information content (AvgIpc) is 3.00. The van der Waals surface area contributed by atoms with E-state index in [1.807, 2.05) is 13.8 Å². The molecule has 0 aliphatic rings. The topological polar surface area (TPSA) is 102 Å². The highest BCUT2D eigenvalue weighted by Crippen LogP contribution is 2.38. The van der Waals surface area contributed by atoms with E-state index in [-0.39, 0.29) is 31.3 Å². The minimum atomic E-state index is -0.633. The third-order valence-electron chi connectivity index (χ3n) is 4.54. The first-order valence-electron chi connectivity index (χ1n) is 9.61. The number of hydrogen-bond donors (Lipinski definition) is 1. The van der Waals surface area contributed by atoms with Crippen LogP contribution in [0.3, 0.4) is 0 Å². The zero-order valence-corrected chi connectivity index (χ0v) is 18.1. The molecule has 0 saturated heterocycles. The summed E-state index contributed by atoms with van der Waals surface area (Å²) in [5.74, 6) is -0.917. The molecule has 1 aromatic heterocycles. The molecular formula is C22H22ClN3O5. The number of para-hydroxylation sites is 1.